The van der Waals surface area contributed by atoms with Crippen LogP contribution in [0.4, 0.5) is 0 Å². The summed E-state index contributed by atoms with van der Waals surface area (Å²) in [4.78, 5) is 28.7. The van der Waals surface area contributed by atoms with Gasteiger partial charge in [-0.3, -0.25) is 9.20 Å². The highest BCUT2D eigenvalue weighted by Crippen LogP contribution is 2.31. The van der Waals surface area contributed by atoms with Crippen LogP contribution in [0.3, 0.4) is 0 Å². The van der Waals surface area contributed by atoms with E-state index in [2.05, 4.69) is 4.98 Å². The van der Waals surface area contributed by atoms with Crippen LogP contribution in [0.1, 0.15) is 11.3 Å². The second-order valence-electron chi connectivity index (χ2n) is 5.83. The van der Waals surface area contributed by atoms with Crippen LogP contribution >= 0.6 is 23.2 Å². The Balaban J connectivity index is 1.46. The Morgan fingerprint density at radius 2 is 2.04 bits per heavy atom. The van der Waals surface area contributed by atoms with Gasteiger partial charge in [-0.1, -0.05) is 23.2 Å². The Morgan fingerprint density at radius 3 is 2.88 bits per heavy atom. The molecule has 0 saturated carbocycles. The molecule has 1 unspecified atom stereocenters. The zero-order valence-corrected chi connectivity index (χ0v) is 14.8. The maximum absolute atomic E-state index is 12.3. The van der Waals surface area contributed by atoms with Gasteiger partial charge in [0.2, 0.25) is 0 Å². The summed E-state index contributed by atoms with van der Waals surface area (Å²) in [5.74, 6) is 0.103. The molecule has 0 aliphatic carbocycles. The third kappa shape index (κ3) is 3.25. The van der Waals surface area contributed by atoms with E-state index in [9.17, 15) is 9.59 Å². The molecule has 3 heterocycles. The molecule has 26 heavy (non-hydrogen) atoms. The minimum atomic E-state index is -0.733. The molecule has 2 aromatic heterocycles. The fourth-order valence-corrected chi connectivity index (χ4v) is 3.14. The van der Waals surface area contributed by atoms with E-state index < -0.39 is 12.1 Å². The fraction of sp³-hybridized carbons (Fsp3) is 0.167. The Kier molecular flexibility index (Phi) is 4.30. The van der Waals surface area contributed by atoms with Gasteiger partial charge in [0.25, 0.3) is 5.56 Å². The zero-order chi connectivity index (χ0) is 18.3. The minimum Gasteiger partial charge on any atom is -0.478 e. The number of hydrogen-bond acceptors (Lipinski definition) is 5. The Morgan fingerprint density at radius 1 is 1.23 bits per heavy atom. The zero-order valence-electron chi connectivity index (χ0n) is 13.3. The van der Waals surface area contributed by atoms with Crippen molar-refractivity contribution in [3.8, 4) is 5.75 Å². The van der Waals surface area contributed by atoms with E-state index in [1.54, 1.807) is 30.3 Å². The second-order valence-corrected chi connectivity index (χ2v) is 6.70. The van der Waals surface area contributed by atoms with Crippen LogP contribution in [0, 0.1) is 0 Å². The topological polar surface area (TPSA) is 69.9 Å². The van der Waals surface area contributed by atoms with Gasteiger partial charge in [-0.2, -0.15) is 0 Å². The van der Waals surface area contributed by atoms with Gasteiger partial charge < -0.3 is 9.47 Å². The number of carbonyl (C=O) groups is 1. The molecule has 8 heteroatoms. The minimum absolute atomic E-state index is 0.121. The fourth-order valence-electron chi connectivity index (χ4n) is 2.79. The molecule has 1 aliphatic rings. The van der Waals surface area contributed by atoms with E-state index in [1.165, 1.54) is 16.7 Å². The van der Waals surface area contributed by atoms with Crippen molar-refractivity contribution in [3.05, 3.63) is 74.3 Å². The summed E-state index contributed by atoms with van der Waals surface area (Å²) in [5.41, 5.74) is 1.33. The van der Waals surface area contributed by atoms with Crippen molar-refractivity contribution in [1.82, 2.24) is 9.38 Å². The number of esters is 1. The first-order valence-corrected chi connectivity index (χ1v) is 8.55. The number of pyridine rings is 1. The highest BCUT2D eigenvalue weighted by atomic mass is 35.5. The van der Waals surface area contributed by atoms with E-state index in [4.69, 9.17) is 32.7 Å². The molecule has 1 aromatic carbocycles. The Labute approximate surface area is 157 Å². The maximum atomic E-state index is 12.3. The summed E-state index contributed by atoms with van der Waals surface area (Å²) >= 11 is 11.8. The molecule has 0 saturated heterocycles. The van der Waals surface area contributed by atoms with Crippen LogP contribution in [-0.4, -0.2) is 21.5 Å². The van der Waals surface area contributed by atoms with E-state index in [0.29, 0.717) is 33.6 Å². The molecular weight excluding hydrogens is 379 g/mol. The van der Waals surface area contributed by atoms with Crippen LogP contribution in [0.5, 0.6) is 5.75 Å². The summed E-state index contributed by atoms with van der Waals surface area (Å²) < 4.78 is 12.2. The van der Waals surface area contributed by atoms with Crippen molar-refractivity contribution >= 4 is 34.8 Å². The molecule has 0 bridgehead atoms. The molecule has 0 amide bonds. The van der Waals surface area contributed by atoms with Crippen LogP contribution in [0.2, 0.25) is 10.0 Å². The van der Waals surface area contributed by atoms with Gasteiger partial charge in [0.05, 0.1) is 10.7 Å². The second kappa shape index (κ2) is 6.63. The van der Waals surface area contributed by atoms with Gasteiger partial charge in [-0.25, -0.2) is 9.78 Å². The number of fused-ring (bicyclic) bond motifs is 2. The first-order valence-electron chi connectivity index (χ1n) is 7.79. The van der Waals surface area contributed by atoms with Crippen molar-refractivity contribution in [3.63, 3.8) is 0 Å². The summed E-state index contributed by atoms with van der Waals surface area (Å²) in [5, 5.41) is 1.01. The molecule has 1 aliphatic heterocycles. The molecule has 132 valence electrons. The molecule has 0 N–H and O–H groups in total. The summed E-state index contributed by atoms with van der Waals surface area (Å²) in [6.07, 6.45) is 1.14. The maximum Gasteiger partial charge on any atom is 0.348 e. The lowest BCUT2D eigenvalue weighted by molar-refractivity contribution is -0.152. The Bertz CT molecular complexity index is 1080. The molecule has 0 radical (unpaired) electrons. The quantitative estimate of drug-likeness (QED) is 0.642. The summed E-state index contributed by atoms with van der Waals surface area (Å²) in [7, 11) is 0. The number of halogens is 2. The van der Waals surface area contributed by atoms with Crippen molar-refractivity contribution in [1.29, 1.82) is 0 Å². The smallest absolute Gasteiger partial charge is 0.348 e. The lowest BCUT2D eigenvalue weighted by Crippen LogP contribution is -2.27. The SMILES string of the molecule is O=C(OCc1cc(=O)n2cc(Cl)ccc2n1)C1Cc2cc(Cl)ccc2O1. The number of benzene rings is 1. The monoisotopic (exact) mass is 390 g/mol. The lowest BCUT2D eigenvalue weighted by atomic mass is 10.1. The average molecular weight is 391 g/mol. The molecule has 3 aromatic rings. The number of carbonyl (C=O) groups excluding carboxylic acids is 1. The number of hydrogen-bond donors (Lipinski definition) is 0. The number of rotatable bonds is 3. The van der Waals surface area contributed by atoms with Crippen LogP contribution in [-0.2, 0) is 22.6 Å². The van der Waals surface area contributed by atoms with Crippen molar-refractivity contribution in [2.45, 2.75) is 19.1 Å². The molecule has 6 nitrogen and oxygen atoms in total. The number of nitrogens with zero attached hydrogens (tertiary/aromatic N) is 2. The predicted molar refractivity (Wildman–Crippen MR) is 95.8 cm³/mol. The molecular formula is C18H12Cl2N2O4. The van der Waals surface area contributed by atoms with Gasteiger partial charge in [0.15, 0.2) is 6.10 Å². The number of aromatic nitrogens is 2. The molecule has 1 atom stereocenters. The van der Waals surface area contributed by atoms with Crippen LogP contribution in [0.25, 0.3) is 5.65 Å². The molecule has 0 fully saturated rings. The van der Waals surface area contributed by atoms with Gasteiger partial charge >= 0.3 is 5.97 Å². The Hall–Kier alpha value is -2.57. The first-order chi connectivity index (χ1) is 12.5. The third-order valence-electron chi connectivity index (χ3n) is 4.00. The van der Waals surface area contributed by atoms with Crippen LogP contribution in [0.15, 0.2) is 47.4 Å². The standard InChI is InChI=1S/C18H12Cl2N2O4/c19-11-1-3-14-10(5-11)6-15(26-14)18(24)25-9-13-7-17(23)22-8-12(20)2-4-16(22)21-13/h1-5,7-8,15H,6,9H2. The van der Waals surface area contributed by atoms with Crippen molar-refractivity contribution < 1.29 is 14.3 Å². The lowest BCUT2D eigenvalue weighted by Gasteiger charge is -2.10. The average Bonchev–Trinajstić information content (AvgIpc) is 3.03. The van der Waals surface area contributed by atoms with Gasteiger partial charge in [0, 0.05) is 23.7 Å². The molecule has 4 rings (SSSR count). The summed E-state index contributed by atoms with van der Waals surface area (Å²) in [6.45, 7) is -0.121. The normalized spacial score (nSPS) is 15.5. The van der Waals surface area contributed by atoms with Crippen molar-refractivity contribution in [2.24, 2.45) is 0 Å². The highest BCUT2D eigenvalue weighted by molar-refractivity contribution is 6.30. The van der Waals surface area contributed by atoms with E-state index in [0.717, 1.165) is 5.56 Å². The van der Waals surface area contributed by atoms with Gasteiger partial charge in [-0.15, -0.1) is 0 Å². The van der Waals surface area contributed by atoms with Crippen LogP contribution < -0.4 is 10.3 Å². The molecule has 0 spiro atoms. The van der Waals surface area contributed by atoms with Crippen molar-refractivity contribution in [2.75, 3.05) is 0 Å². The van der Waals surface area contributed by atoms with E-state index >= 15 is 0 Å². The van der Waals surface area contributed by atoms with Gasteiger partial charge in [0.1, 0.15) is 18.0 Å². The highest BCUT2D eigenvalue weighted by Gasteiger charge is 2.30. The summed E-state index contributed by atoms with van der Waals surface area (Å²) in [6, 6.07) is 9.75. The largest absolute Gasteiger partial charge is 0.478 e. The number of ether oxygens (including phenoxy) is 2. The first kappa shape index (κ1) is 16.9. The van der Waals surface area contributed by atoms with E-state index in [-0.39, 0.29) is 12.2 Å². The van der Waals surface area contributed by atoms with Gasteiger partial charge in [-0.05, 0) is 35.9 Å². The predicted octanol–water partition coefficient (Wildman–Crippen LogP) is 3.05. The van der Waals surface area contributed by atoms with E-state index in [1.807, 2.05) is 0 Å². The third-order valence-corrected chi connectivity index (χ3v) is 4.46.